The van der Waals surface area contributed by atoms with E-state index in [1.165, 1.54) is 12.8 Å². The molecule has 18 heavy (non-hydrogen) atoms. The molecule has 0 saturated carbocycles. The molecule has 0 rings (SSSR count). The van der Waals surface area contributed by atoms with E-state index in [1.807, 2.05) is 6.92 Å². The molecule has 0 aliphatic heterocycles. The van der Waals surface area contributed by atoms with Crippen molar-refractivity contribution < 1.29 is 0 Å². The lowest BCUT2D eigenvalue weighted by Crippen LogP contribution is -2.08. The first-order valence-corrected chi connectivity index (χ1v) is 7.01. The molecular formula is C15H29N3. The lowest BCUT2D eigenvalue weighted by Gasteiger charge is -2.11. The van der Waals surface area contributed by atoms with Gasteiger partial charge >= 0.3 is 0 Å². The first kappa shape index (κ1) is 16.9. The second-order valence-corrected chi connectivity index (χ2v) is 4.85. The van der Waals surface area contributed by atoms with Crippen molar-refractivity contribution in [3.63, 3.8) is 0 Å². The van der Waals surface area contributed by atoms with Crippen molar-refractivity contribution in [3.8, 4) is 0 Å². The van der Waals surface area contributed by atoms with Crippen molar-refractivity contribution in [2.24, 2.45) is 15.7 Å². The van der Waals surface area contributed by atoms with Gasteiger partial charge < -0.3 is 5.73 Å². The molecule has 0 saturated heterocycles. The number of aliphatic imine (C=N–C) groups is 2. The number of hydrogen-bond acceptors (Lipinski definition) is 2. The lowest BCUT2D eigenvalue weighted by atomic mass is 10.0. The van der Waals surface area contributed by atoms with Gasteiger partial charge in [-0.25, -0.2) is 0 Å². The number of amidine groups is 1. The van der Waals surface area contributed by atoms with Crippen LogP contribution < -0.4 is 5.73 Å². The van der Waals surface area contributed by atoms with E-state index in [9.17, 15) is 0 Å². The zero-order chi connectivity index (χ0) is 13.8. The standard InChI is InChI=1S/C15H29N3/c1-5-6-8-12-18-15(13(2)3)10-7-9-11-17-14(4)16/h12,15H,2,5-11H2,1,3-4H3,(H2,16,17). The summed E-state index contributed by atoms with van der Waals surface area (Å²) in [6.45, 7) is 10.9. The van der Waals surface area contributed by atoms with Gasteiger partial charge in [-0.2, -0.15) is 0 Å². The Kier molecular flexibility index (Phi) is 10.3. The summed E-state index contributed by atoms with van der Waals surface area (Å²) in [6, 6.07) is 0.282. The number of nitrogens with zero attached hydrogens (tertiary/aromatic N) is 2. The summed E-state index contributed by atoms with van der Waals surface area (Å²) in [5, 5.41) is 0. The third-order valence-electron chi connectivity index (χ3n) is 2.79. The van der Waals surface area contributed by atoms with Crippen LogP contribution in [0.15, 0.2) is 22.1 Å². The first-order valence-electron chi connectivity index (χ1n) is 7.01. The topological polar surface area (TPSA) is 50.7 Å². The molecular weight excluding hydrogens is 222 g/mol. The zero-order valence-corrected chi connectivity index (χ0v) is 12.3. The summed E-state index contributed by atoms with van der Waals surface area (Å²) < 4.78 is 0. The molecule has 0 aromatic carbocycles. The summed E-state index contributed by atoms with van der Waals surface area (Å²) in [5.41, 5.74) is 6.64. The van der Waals surface area contributed by atoms with Crippen LogP contribution in [0.1, 0.15) is 59.3 Å². The van der Waals surface area contributed by atoms with Crippen LogP contribution in [-0.4, -0.2) is 24.6 Å². The van der Waals surface area contributed by atoms with Gasteiger partial charge in [0, 0.05) is 6.54 Å². The second kappa shape index (κ2) is 11.0. The van der Waals surface area contributed by atoms with E-state index in [1.54, 1.807) is 0 Å². The Balaban J connectivity index is 3.87. The molecule has 2 N–H and O–H groups in total. The highest BCUT2D eigenvalue weighted by Gasteiger charge is 2.05. The minimum absolute atomic E-state index is 0.282. The highest BCUT2D eigenvalue weighted by Crippen LogP contribution is 2.12. The Morgan fingerprint density at radius 1 is 1.28 bits per heavy atom. The Morgan fingerprint density at radius 3 is 2.56 bits per heavy atom. The van der Waals surface area contributed by atoms with E-state index in [4.69, 9.17) is 5.73 Å². The summed E-state index contributed by atoms with van der Waals surface area (Å²) in [5.74, 6) is 0.670. The maximum atomic E-state index is 5.49. The van der Waals surface area contributed by atoms with Gasteiger partial charge in [-0.3, -0.25) is 9.98 Å². The van der Waals surface area contributed by atoms with Crippen LogP contribution in [0.25, 0.3) is 0 Å². The van der Waals surface area contributed by atoms with Crippen molar-refractivity contribution >= 4 is 12.1 Å². The lowest BCUT2D eigenvalue weighted by molar-refractivity contribution is 0.620. The number of unbranched alkanes of at least 4 members (excludes halogenated alkanes) is 3. The van der Waals surface area contributed by atoms with Crippen molar-refractivity contribution in [3.05, 3.63) is 12.2 Å². The summed E-state index contributed by atoms with van der Waals surface area (Å²) >= 11 is 0. The normalized spacial score (nSPS) is 14.1. The van der Waals surface area contributed by atoms with E-state index in [-0.39, 0.29) is 6.04 Å². The van der Waals surface area contributed by atoms with E-state index in [0.29, 0.717) is 5.84 Å². The van der Waals surface area contributed by atoms with Crippen LogP contribution >= 0.6 is 0 Å². The summed E-state index contributed by atoms with van der Waals surface area (Å²) in [6.07, 6.45) is 8.85. The van der Waals surface area contributed by atoms with Crippen molar-refractivity contribution in [2.45, 2.75) is 65.3 Å². The molecule has 0 aromatic heterocycles. The predicted octanol–water partition coefficient (Wildman–Crippen LogP) is 3.74. The fraction of sp³-hybridized carbons (Fsp3) is 0.733. The van der Waals surface area contributed by atoms with Gasteiger partial charge in [0.1, 0.15) is 0 Å². The molecule has 0 amide bonds. The molecule has 0 spiro atoms. The zero-order valence-electron chi connectivity index (χ0n) is 12.3. The van der Waals surface area contributed by atoms with Gasteiger partial charge in [0.2, 0.25) is 0 Å². The molecule has 3 heteroatoms. The van der Waals surface area contributed by atoms with Crippen LogP contribution in [0.5, 0.6) is 0 Å². The summed E-state index contributed by atoms with van der Waals surface area (Å²) in [7, 11) is 0. The third kappa shape index (κ3) is 10.1. The average Bonchev–Trinajstić information content (AvgIpc) is 2.30. The largest absolute Gasteiger partial charge is 0.388 e. The smallest absolute Gasteiger partial charge is 0.0905 e. The maximum Gasteiger partial charge on any atom is 0.0905 e. The molecule has 0 bridgehead atoms. The van der Waals surface area contributed by atoms with Crippen molar-refractivity contribution in [1.29, 1.82) is 0 Å². The second-order valence-electron chi connectivity index (χ2n) is 4.85. The molecule has 0 radical (unpaired) electrons. The van der Waals surface area contributed by atoms with E-state index in [2.05, 4.69) is 36.6 Å². The highest BCUT2D eigenvalue weighted by atomic mass is 14.8. The van der Waals surface area contributed by atoms with Crippen molar-refractivity contribution in [1.82, 2.24) is 0 Å². The van der Waals surface area contributed by atoms with Gasteiger partial charge in [0.15, 0.2) is 0 Å². The molecule has 1 unspecified atom stereocenters. The highest BCUT2D eigenvalue weighted by molar-refractivity contribution is 5.77. The quantitative estimate of drug-likeness (QED) is 0.273. The van der Waals surface area contributed by atoms with Gasteiger partial charge in [0.05, 0.1) is 11.9 Å². The van der Waals surface area contributed by atoms with E-state index >= 15 is 0 Å². The van der Waals surface area contributed by atoms with Crippen LogP contribution in [0.3, 0.4) is 0 Å². The van der Waals surface area contributed by atoms with Crippen LogP contribution in [0, 0.1) is 0 Å². The fourth-order valence-corrected chi connectivity index (χ4v) is 1.65. The minimum atomic E-state index is 0.282. The molecule has 0 fully saturated rings. The molecule has 0 heterocycles. The predicted molar refractivity (Wildman–Crippen MR) is 82.6 cm³/mol. The first-order chi connectivity index (χ1) is 8.57. The number of rotatable bonds is 10. The Morgan fingerprint density at radius 2 is 2.00 bits per heavy atom. The van der Waals surface area contributed by atoms with Gasteiger partial charge in [-0.15, -0.1) is 0 Å². The molecule has 3 nitrogen and oxygen atoms in total. The molecule has 1 atom stereocenters. The molecule has 0 aromatic rings. The van der Waals surface area contributed by atoms with Crippen molar-refractivity contribution in [2.75, 3.05) is 6.54 Å². The Bertz CT molecular complexity index is 275. The van der Waals surface area contributed by atoms with Crippen LogP contribution in [0.2, 0.25) is 0 Å². The number of nitrogens with two attached hydrogens (primary N) is 1. The van der Waals surface area contributed by atoms with Gasteiger partial charge in [0.25, 0.3) is 0 Å². The molecule has 104 valence electrons. The van der Waals surface area contributed by atoms with Gasteiger partial charge in [-0.1, -0.05) is 25.5 Å². The van der Waals surface area contributed by atoms with E-state index < -0.39 is 0 Å². The van der Waals surface area contributed by atoms with E-state index in [0.717, 1.165) is 37.8 Å². The van der Waals surface area contributed by atoms with Crippen LogP contribution in [-0.2, 0) is 0 Å². The van der Waals surface area contributed by atoms with Crippen LogP contribution in [0.4, 0.5) is 0 Å². The summed E-state index contributed by atoms with van der Waals surface area (Å²) in [4.78, 5) is 8.79. The SMILES string of the molecule is C=C(C)C(CCCCN=C(C)N)N=CCCCC. The average molecular weight is 251 g/mol. The monoisotopic (exact) mass is 251 g/mol. The van der Waals surface area contributed by atoms with Gasteiger partial charge in [-0.05, 0) is 52.2 Å². The number of hydrogen-bond donors (Lipinski definition) is 1. The Labute approximate surface area is 112 Å². The minimum Gasteiger partial charge on any atom is -0.388 e. The molecule has 0 aliphatic carbocycles. The fourth-order valence-electron chi connectivity index (χ4n) is 1.65. The third-order valence-corrected chi connectivity index (χ3v) is 2.79. The Hall–Kier alpha value is -1.12. The molecule has 0 aliphatic rings. The maximum absolute atomic E-state index is 5.49.